The number of aromatic nitrogens is 3. The number of nitrogens with zero attached hydrogens (tertiary/aromatic N) is 4. The lowest BCUT2D eigenvalue weighted by Gasteiger charge is -2.32. The van der Waals surface area contributed by atoms with Crippen LogP contribution in [0.3, 0.4) is 0 Å². The van der Waals surface area contributed by atoms with Gasteiger partial charge in [-0.2, -0.15) is 4.98 Å². The molecule has 6 nitrogen and oxygen atoms in total. The lowest BCUT2D eigenvalue weighted by molar-refractivity contribution is 0.206. The fourth-order valence-corrected chi connectivity index (χ4v) is 3.23. The van der Waals surface area contributed by atoms with E-state index in [1.165, 1.54) is 5.56 Å². The van der Waals surface area contributed by atoms with Crippen molar-refractivity contribution in [3.8, 4) is 11.4 Å². The van der Waals surface area contributed by atoms with Gasteiger partial charge in [0.05, 0.1) is 0 Å². The van der Waals surface area contributed by atoms with Gasteiger partial charge in [-0.05, 0) is 31.0 Å². The number of hydrogen-bond acceptors (Lipinski definition) is 6. The second kappa shape index (κ2) is 7.44. The van der Waals surface area contributed by atoms with Crippen molar-refractivity contribution >= 4 is 6.01 Å². The standard InChI is InChI=1S/C19H21N5O/c1-2-7-16(8-3-1)18-22-19(25-23-18)21-17-9-5-11-24(14-17)13-15-6-4-10-20-12-15/h1-4,6-8,10,12,17H,5,9,11,13-14H2,(H,21,22,23). The van der Waals surface area contributed by atoms with E-state index in [1.54, 1.807) is 0 Å². The van der Waals surface area contributed by atoms with E-state index < -0.39 is 0 Å². The predicted molar refractivity (Wildman–Crippen MR) is 95.9 cm³/mol. The molecule has 1 unspecified atom stereocenters. The summed E-state index contributed by atoms with van der Waals surface area (Å²) >= 11 is 0. The summed E-state index contributed by atoms with van der Waals surface area (Å²) in [5, 5.41) is 7.46. The molecule has 1 N–H and O–H groups in total. The van der Waals surface area contributed by atoms with Crippen LogP contribution in [0, 0.1) is 0 Å². The molecule has 0 saturated carbocycles. The minimum atomic E-state index is 0.314. The molecule has 0 spiro atoms. The third-order valence-corrected chi connectivity index (χ3v) is 4.42. The fraction of sp³-hybridized carbons (Fsp3) is 0.316. The zero-order chi connectivity index (χ0) is 16.9. The molecule has 1 saturated heterocycles. The van der Waals surface area contributed by atoms with Crippen LogP contribution in [0.4, 0.5) is 6.01 Å². The van der Waals surface area contributed by atoms with Crippen LogP contribution in [0.2, 0.25) is 0 Å². The van der Waals surface area contributed by atoms with E-state index in [2.05, 4.69) is 31.4 Å². The van der Waals surface area contributed by atoms with Gasteiger partial charge in [0.25, 0.3) is 0 Å². The Morgan fingerprint density at radius 1 is 1.16 bits per heavy atom. The Labute approximate surface area is 146 Å². The zero-order valence-corrected chi connectivity index (χ0v) is 14.0. The minimum Gasteiger partial charge on any atom is -0.334 e. The Balaban J connectivity index is 1.37. The molecule has 3 aromatic rings. The summed E-state index contributed by atoms with van der Waals surface area (Å²) in [6.07, 6.45) is 6.00. The van der Waals surface area contributed by atoms with Crippen LogP contribution in [-0.4, -0.2) is 39.2 Å². The molecule has 4 rings (SSSR count). The van der Waals surface area contributed by atoms with Gasteiger partial charge in [0.1, 0.15) is 0 Å². The molecular weight excluding hydrogens is 314 g/mol. The molecule has 25 heavy (non-hydrogen) atoms. The lowest BCUT2D eigenvalue weighted by Crippen LogP contribution is -2.41. The average Bonchev–Trinajstić information content (AvgIpc) is 3.12. The second-order valence-corrected chi connectivity index (χ2v) is 6.37. The van der Waals surface area contributed by atoms with E-state index in [0.29, 0.717) is 17.9 Å². The summed E-state index contributed by atoms with van der Waals surface area (Å²) in [5.74, 6) is 0.617. The topological polar surface area (TPSA) is 67.1 Å². The van der Waals surface area contributed by atoms with Gasteiger partial charge in [-0.15, -0.1) is 0 Å². The normalized spacial score (nSPS) is 18.2. The van der Waals surface area contributed by atoms with E-state index in [4.69, 9.17) is 4.52 Å². The van der Waals surface area contributed by atoms with Gasteiger partial charge >= 0.3 is 6.01 Å². The number of hydrogen-bond donors (Lipinski definition) is 1. The SMILES string of the molecule is c1ccc(-c2noc(NC3CCCN(Cc4cccnc4)C3)n2)cc1. The predicted octanol–water partition coefficient (Wildman–Crippen LogP) is 3.21. The van der Waals surface area contributed by atoms with Gasteiger partial charge in [-0.25, -0.2) is 0 Å². The summed E-state index contributed by atoms with van der Waals surface area (Å²) in [5.41, 5.74) is 2.20. The number of rotatable bonds is 5. The number of benzene rings is 1. The molecular formula is C19H21N5O. The third kappa shape index (κ3) is 4.03. The van der Waals surface area contributed by atoms with Crippen molar-refractivity contribution in [1.29, 1.82) is 0 Å². The number of likely N-dealkylation sites (tertiary alicyclic amines) is 1. The molecule has 6 heteroatoms. The maximum absolute atomic E-state index is 5.37. The number of piperidine rings is 1. The van der Waals surface area contributed by atoms with Crippen LogP contribution in [-0.2, 0) is 6.54 Å². The summed E-state index contributed by atoms with van der Waals surface area (Å²) < 4.78 is 5.37. The minimum absolute atomic E-state index is 0.314. The summed E-state index contributed by atoms with van der Waals surface area (Å²) in [6.45, 7) is 2.98. The van der Waals surface area contributed by atoms with Crippen LogP contribution in [0.25, 0.3) is 11.4 Å². The van der Waals surface area contributed by atoms with Crippen LogP contribution < -0.4 is 5.32 Å². The highest BCUT2D eigenvalue weighted by Crippen LogP contribution is 2.20. The van der Waals surface area contributed by atoms with Crippen molar-refractivity contribution in [2.75, 3.05) is 18.4 Å². The first-order valence-electron chi connectivity index (χ1n) is 8.64. The highest BCUT2D eigenvalue weighted by molar-refractivity contribution is 5.54. The lowest BCUT2D eigenvalue weighted by atomic mass is 10.1. The molecule has 1 atom stereocenters. The first-order chi connectivity index (χ1) is 12.4. The Kier molecular flexibility index (Phi) is 4.70. The second-order valence-electron chi connectivity index (χ2n) is 6.37. The van der Waals surface area contributed by atoms with Crippen molar-refractivity contribution in [2.24, 2.45) is 0 Å². The summed E-state index contributed by atoms with van der Waals surface area (Å²) in [7, 11) is 0. The van der Waals surface area contributed by atoms with Gasteiger partial charge in [0, 0.05) is 37.1 Å². The molecule has 1 fully saturated rings. The molecule has 0 radical (unpaired) electrons. The van der Waals surface area contributed by atoms with E-state index in [1.807, 2.05) is 48.8 Å². The smallest absolute Gasteiger partial charge is 0.322 e. The van der Waals surface area contributed by atoms with Gasteiger partial charge in [-0.1, -0.05) is 41.6 Å². The molecule has 1 aromatic carbocycles. The van der Waals surface area contributed by atoms with Crippen molar-refractivity contribution in [1.82, 2.24) is 20.0 Å². The number of pyridine rings is 1. The number of nitrogens with one attached hydrogen (secondary N) is 1. The Hall–Kier alpha value is -2.73. The Morgan fingerprint density at radius 2 is 2.08 bits per heavy atom. The molecule has 2 aromatic heterocycles. The van der Waals surface area contributed by atoms with Gasteiger partial charge in [-0.3, -0.25) is 9.88 Å². The summed E-state index contributed by atoms with van der Waals surface area (Å²) in [6, 6.07) is 14.8. The molecule has 0 amide bonds. The van der Waals surface area contributed by atoms with Gasteiger partial charge in [0.2, 0.25) is 5.82 Å². The molecule has 1 aliphatic heterocycles. The molecule has 1 aliphatic rings. The van der Waals surface area contributed by atoms with E-state index in [-0.39, 0.29) is 0 Å². The third-order valence-electron chi connectivity index (χ3n) is 4.42. The van der Waals surface area contributed by atoms with Gasteiger partial charge < -0.3 is 9.84 Å². The maximum atomic E-state index is 5.37. The molecule has 3 heterocycles. The van der Waals surface area contributed by atoms with Gasteiger partial charge in [0.15, 0.2) is 0 Å². The van der Waals surface area contributed by atoms with Crippen molar-refractivity contribution in [3.63, 3.8) is 0 Å². The van der Waals surface area contributed by atoms with Crippen molar-refractivity contribution < 1.29 is 4.52 Å². The fourth-order valence-electron chi connectivity index (χ4n) is 3.23. The van der Waals surface area contributed by atoms with Crippen LogP contribution in [0.5, 0.6) is 0 Å². The first kappa shape index (κ1) is 15.8. The van der Waals surface area contributed by atoms with E-state index >= 15 is 0 Å². The van der Waals surface area contributed by atoms with Crippen molar-refractivity contribution in [3.05, 3.63) is 60.4 Å². The van der Waals surface area contributed by atoms with Crippen LogP contribution >= 0.6 is 0 Å². The first-order valence-corrected chi connectivity index (χ1v) is 8.64. The zero-order valence-electron chi connectivity index (χ0n) is 14.0. The molecule has 0 aliphatic carbocycles. The Bertz CT molecular complexity index is 790. The quantitative estimate of drug-likeness (QED) is 0.772. The summed E-state index contributed by atoms with van der Waals surface area (Å²) in [4.78, 5) is 11.1. The van der Waals surface area contributed by atoms with E-state index in [0.717, 1.165) is 38.0 Å². The maximum Gasteiger partial charge on any atom is 0.322 e. The van der Waals surface area contributed by atoms with Crippen LogP contribution in [0.1, 0.15) is 18.4 Å². The highest BCUT2D eigenvalue weighted by atomic mass is 16.5. The highest BCUT2D eigenvalue weighted by Gasteiger charge is 2.21. The van der Waals surface area contributed by atoms with Crippen LogP contribution in [0.15, 0.2) is 59.4 Å². The number of anilines is 1. The monoisotopic (exact) mass is 335 g/mol. The van der Waals surface area contributed by atoms with E-state index in [9.17, 15) is 0 Å². The average molecular weight is 335 g/mol. The molecule has 0 bridgehead atoms. The van der Waals surface area contributed by atoms with Crippen molar-refractivity contribution in [2.45, 2.75) is 25.4 Å². The largest absolute Gasteiger partial charge is 0.334 e. The molecule has 128 valence electrons. The Morgan fingerprint density at radius 3 is 2.92 bits per heavy atom.